The highest BCUT2D eigenvalue weighted by Gasteiger charge is 2.11. The summed E-state index contributed by atoms with van der Waals surface area (Å²) in [5.41, 5.74) is 10.5. The molecule has 2 rings (SSSR count). The minimum atomic E-state index is 0.494. The van der Waals surface area contributed by atoms with E-state index in [2.05, 4.69) is 43.5 Å². The van der Waals surface area contributed by atoms with Gasteiger partial charge in [0.1, 0.15) is 0 Å². The molecule has 0 bridgehead atoms. The molecular formula is C14H18N2. The molecule has 2 N–H and O–H groups in total. The van der Waals surface area contributed by atoms with E-state index >= 15 is 0 Å². The first-order chi connectivity index (χ1) is 7.61. The molecule has 0 spiro atoms. The largest absolute Gasteiger partial charge is 0.397 e. The van der Waals surface area contributed by atoms with Crippen LogP contribution in [-0.4, -0.2) is 4.57 Å². The topological polar surface area (TPSA) is 30.9 Å². The number of nitrogen functional groups attached to an aromatic ring is 1. The molecule has 2 nitrogen and oxygen atoms in total. The Morgan fingerprint density at radius 3 is 2.38 bits per heavy atom. The average Bonchev–Trinajstić information content (AvgIpc) is 2.61. The summed E-state index contributed by atoms with van der Waals surface area (Å²) >= 11 is 0. The van der Waals surface area contributed by atoms with Gasteiger partial charge >= 0.3 is 0 Å². The number of anilines is 1. The van der Waals surface area contributed by atoms with E-state index in [0.717, 1.165) is 11.4 Å². The third kappa shape index (κ3) is 1.71. The first kappa shape index (κ1) is 10.8. The first-order valence-electron chi connectivity index (χ1n) is 5.64. The van der Waals surface area contributed by atoms with Crippen molar-refractivity contribution in [2.45, 2.75) is 26.7 Å². The molecule has 0 aliphatic carbocycles. The summed E-state index contributed by atoms with van der Waals surface area (Å²) in [5, 5.41) is 0. The number of aromatic nitrogens is 1. The van der Waals surface area contributed by atoms with Gasteiger partial charge < -0.3 is 10.3 Å². The average molecular weight is 214 g/mol. The number of para-hydroxylation sites is 2. The fraction of sp³-hybridized carbons (Fsp3) is 0.286. The van der Waals surface area contributed by atoms with E-state index in [0.29, 0.717) is 5.92 Å². The van der Waals surface area contributed by atoms with Crippen LogP contribution in [0.4, 0.5) is 5.69 Å². The van der Waals surface area contributed by atoms with E-state index < -0.39 is 0 Å². The molecule has 0 saturated heterocycles. The van der Waals surface area contributed by atoms with E-state index in [1.54, 1.807) is 0 Å². The Morgan fingerprint density at radius 1 is 1.06 bits per heavy atom. The Morgan fingerprint density at radius 2 is 1.75 bits per heavy atom. The number of hydrogen-bond donors (Lipinski definition) is 1. The minimum Gasteiger partial charge on any atom is -0.397 e. The molecule has 0 amide bonds. The maximum absolute atomic E-state index is 6.03. The molecule has 1 aromatic heterocycles. The van der Waals surface area contributed by atoms with Crippen LogP contribution in [-0.2, 0) is 0 Å². The summed E-state index contributed by atoms with van der Waals surface area (Å²) in [6.45, 7) is 6.51. The lowest BCUT2D eigenvalue weighted by Gasteiger charge is -2.16. The van der Waals surface area contributed by atoms with Gasteiger partial charge in [-0.25, -0.2) is 0 Å². The zero-order valence-corrected chi connectivity index (χ0v) is 10.1. The predicted molar refractivity (Wildman–Crippen MR) is 69.0 cm³/mol. The van der Waals surface area contributed by atoms with Crippen LogP contribution < -0.4 is 5.73 Å². The highest BCUT2D eigenvalue weighted by Crippen LogP contribution is 2.26. The molecule has 0 aliphatic rings. The molecule has 2 heteroatoms. The van der Waals surface area contributed by atoms with Crippen LogP contribution in [0.1, 0.15) is 31.2 Å². The second kappa shape index (κ2) is 4.05. The Bertz CT molecular complexity index is 495. The van der Waals surface area contributed by atoms with E-state index in [4.69, 9.17) is 5.73 Å². The van der Waals surface area contributed by atoms with E-state index in [9.17, 15) is 0 Å². The second-order valence-electron chi connectivity index (χ2n) is 4.45. The summed E-state index contributed by atoms with van der Waals surface area (Å²) in [5.74, 6) is 0.494. The van der Waals surface area contributed by atoms with Crippen LogP contribution in [0.5, 0.6) is 0 Å². The molecule has 0 fully saturated rings. The van der Waals surface area contributed by atoms with Gasteiger partial charge in [0.25, 0.3) is 0 Å². The molecule has 0 saturated carbocycles. The van der Waals surface area contributed by atoms with Crippen LogP contribution in [0.25, 0.3) is 5.69 Å². The van der Waals surface area contributed by atoms with Crippen molar-refractivity contribution in [2.24, 2.45) is 0 Å². The van der Waals surface area contributed by atoms with Crippen molar-refractivity contribution in [1.82, 2.24) is 4.57 Å². The predicted octanol–water partition coefficient (Wildman–Crippen LogP) is 3.49. The van der Waals surface area contributed by atoms with Crippen LogP contribution in [0.15, 0.2) is 36.4 Å². The molecule has 0 atom stereocenters. The van der Waals surface area contributed by atoms with Gasteiger partial charge in [0.2, 0.25) is 0 Å². The summed E-state index contributed by atoms with van der Waals surface area (Å²) in [4.78, 5) is 0. The summed E-state index contributed by atoms with van der Waals surface area (Å²) in [7, 11) is 0. The number of rotatable bonds is 2. The van der Waals surface area contributed by atoms with Gasteiger partial charge in [-0.05, 0) is 37.1 Å². The van der Waals surface area contributed by atoms with Crippen molar-refractivity contribution < 1.29 is 0 Å². The second-order valence-corrected chi connectivity index (χ2v) is 4.45. The lowest BCUT2D eigenvalue weighted by molar-refractivity contribution is 0.778. The first-order valence-corrected chi connectivity index (χ1v) is 5.64. The van der Waals surface area contributed by atoms with E-state index in [1.165, 1.54) is 11.4 Å². The third-order valence-electron chi connectivity index (χ3n) is 2.88. The molecule has 1 heterocycles. The zero-order valence-electron chi connectivity index (χ0n) is 10.1. The summed E-state index contributed by atoms with van der Waals surface area (Å²) in [6, 6.07) is 12.3. The molecule has 1 aromatic carbocycles. The molecule has 84 valence electrons. The Kier molecular flexibility index (Phi) is 2.73. The Labute approximate surface area is 96.7 Å². The van der Waals surface area contributed by atoms with Crippen molar-refractivity contribution in [3.63, 3.8) is 0 Å². The fourth-order valence-corrected chi connectivity index (χ4v) is 2.03. The normalized spacial score (nSPS) is 11.0. The van der Waals surface area contributed by atoms with Crippen molar-refractivity contribution in [3.8, 4) is 5.69 Å². The smallest absolute Gasteiger partial charge is 0.0685 e. The van der Waals surface area contributed by atoms with E-state index in [-0.39, 0.29) is 0 Å². The Balaban J connectivity index is 2.64. The SMILES string of the molecule is Cc1ccc(C(C)C)n1-c1ccccc1N. The van der Waals surface area contributed by atoms with Crippen molar-refractivity contribution >= 4 is 5.69 Å². The van der Waals surface area contributed by atoms with Gasteiger partial charge in [-0.3, -0.25) is 0 Å². The van der Waals surface area contributed by atoms with Crippen LogP contribution >= 0.6 is 0 Å². The molecular weight excluding hydrogens is 196 g/mol. The van der Waals surface area contributed by atoms with Gasteiger partial charge in [-0.2, -0.15) is 0 Å². The quantitative estimate of drug-likeness (QED) is 0.762. The number of nitrogens with two attached hydrogens (primary N) is 1. The summed E-state index contributed by atoms with van der Waals surface area (Å²) < 4.78 is 2.24. The van der Waals surface area contributed by atoms with Gasteiger partial charge in [0.05, 0.1) is 11.4 Å². The maximum atomic E-state index is 6.03. The third-order valence-corrected chi connectivity index (χ3v) is 2.88. The van der Waals surface area contributed by atoms with Crippen molar-refractivity contribution in [1.29, 1.82) is 0 Å². The van der Waals surface area contributed by atoms with Crippen LogP contribution in [0, 0.1) is 6.92 Å². The molecule has 16 heavy (non-hydrogen) atoms. The lowest BCUT2D eigenvalue weighted by Crippen LogP contribution is -2.06. The van der Waals surface area contributed by atoms with Crippen molar-refractivity contribution in [2.75, 3.05) is 5.73 Å². The van der Waals surface area contributed by atoms with Crippen molar-refractivity contribution in [3.05, 3.63) is 47.8 Å². The van der Waals surface area contributed by atoms with Gasteiger partial charge in [-0.15, -0.1) is 0 Å². The number of aryl methyl sites for hydroxylation is 1. The molecule has 0 unspecified atom stereocenters. The summed E-state index contributed by atoms with van der Waals surface area (Å²) in [6.07, 6.45) is 0. The molecule has 0 aliphatic heterocycles. The molecule has 2 aromatic rings. The van der Waals surface area contributed by atoms with Gasteiger partial charge in [0.15, 0.2) is 0 Å². The lowest BCUT2D eigenvalue weighted by atomic mass is 10.1. The van der Waals surface area contributed by atoms with Crippen LogP contribution in [0.3, 0.4) is 0 Å². The molecule has 0 radical (unpaired) electrons. The van der Waals surface area contributed by atoms with Gasteiger partial charge in [-0.1, -0.05) is 26.0 Å². The van der Waals surface area contributed by atoms with Gasteiger partial charge in [0, 0.05) is 11.4 Å². The highest BCUT2D eigenvalue weighted by atomic mass is 15.0. The zero-order chi connectivity index (χ0) is 11.7. The monoisotopic (exact) mass is 214 g/mol. The van der Waals surface area contributed by atoms with E-state index in [1.807, 2.05) is 18.2 Å². The standard InChI is InChI=1S/C14H18N2/c1-10(2)13-9-8-11(3)16(13)14-7-5-4-6-12(14)15/h4-10H,15H2,1-3H3. The fourth-order valence-electron chi connectivity index (χ4n) is 2.03. The highest BCUT2D eigenvalue weighted by molar-refractivity contribution is 5.59. The maximum Gasteiger partial charge on any atom is 0.0685 e. The Hall–Kier alpha value is -1.70. The number of nitrogens with zero attached hydrogens (tertiary/aromatic N) is 1. The number of hydrogen-bond acceptors (Lipinski definition) is 1. The van der Waals surface area contributed by atoms with Crippen LogP contribution in [0.2, 0.25) is 0 Å². The number of benzene rings is 1. The minimum absolute atomic E-state index is 0.494.